The van der Waals surface area contributed by atoms with Gasteiger partial charge in [-0.25, -0.2) is 0 Å². The van der Waals surface area contributed by atoms with E-state index in [0.29, 0.717) is 38.3 Å². The minimum Gasteiger partial charge on any atom is -0.508 e. The molecule has 3 aromatic carbocycles. The summed E-state index contributed by atoms with van der Waals surface area (Å²) in [5, 5.41) is 16.4. The van der Waals surface area contributed by atoms with E-state index >= 15 is 0 Å². The van der Waals surface area contributed by atoms with Crippen molar-refractivity contribution in [1.82, 2.24) is 25.1 Å². The number of nitrogens with one attached hydrogen (secondary N) is 1. The molecule has 46 heavy (non-hydrogen) atoms. The second-order valence-electron chi connectivity index (χ2n) is 13.4. The Balaban J connectivity index is 1.13. The lowest BCUT2D eigenvalue weighted by Crippen LogP contribution is -2.56. The molecule has 4 atom stereocenters. The number of anilines is 1. The van der Waals surface area contributed by atoms with E-state index in [1.54, 1.807) is 6.07 Å². The number of hydrogen-bond donors (Lipinski definition) is 2. The zero-order valence-electron chi connectivity index (χ0n) is 26.2. The molecule has 238 valence electrons. The third-order valence-electron chi connectivity index (χ3n) is 10.5. The van der Waals surface area contributed by atoms with E-state index in [1.165, 1.54) is 0 Å². The summed E-state index contributed by atoms with van der Waals surface area (Å²) in [6, 6.07) is 18.7. The van der Waals surface area contributed by atoms with Gasteiger partial charge in [0.15, 0.2) is 0 Å². The molecule has 1 unspecified atom stereocenters. The van der Waals surface area contributed by atoms with Crippen LogP contribution < -0.4 is 15.0 Å². The van der Waals surface area contributed by atoms with Crippen molar-refractivity contribution >= 4 is 39.3 Å². The third kappa shape index (κ3) is 5.28. The summed E-state index contributed by atoms with van der Waals surface area (Å²) >= 11 is 0. The molecule has 4 aromatic rings. The van der Waals surface area contributed by atoms with Crippen LogP contribution in [0.15, 0.2) is 54.6 Å². The topological polar surface area (TPSA) is 111 Å². The van der Waals surface area contributed by atoms with Crippen LogP contribution >= 0.6 is 0 Å². The van der Waals surface area contributed by atoms with Gasteiger partial charge in [0.25, 0.3) is 0 Å². The van der Waals surface area contributed by atoms with Gasteiger partial charge in [0.05, 0.1) is 5.52 Å². The minimum atomic E-state index is -0.216. The van der Waals surface area contributed by atoms with E-state index in [9.17, 15) is 14.7 Å². The van der Waals surface area contributed by atoms with Gasteiger partial charge in [-0.15, -0.1) is 0 Å². The van der Waals surface area contributed by atoms with Crippen LogP contribution in [-0.2, 0) is 9.59 Å². The maximum Gasteiger partial charge on any atom is 0.319 e. The molecule has 4 aliphatic heterocycles. The van der Waals surface area contributed by atoms with Gasteiger partial charge in [0, 0.05) is 55.5 Å². The van der Waals surface area contributed by atoms with Gasteiger partial charge in [0.1, 0.15) is 18.2 Å². The average molecular weight is 621 g/mol. The maximum atomic E-state index is 13.5. The lowest BCUT2D eigenvalue weighted by Gasteiger charge is -2.42. The Labute approximate surface area is 268 Å². The first-order chi connectivity index (χ1) is 22.4. The van der Waals surface area contributed by atoms with Crippen LogP contribution in [0.2, 0.25) is 0 Å². The number of hydrogen-bond acceptors (Lipinski definition) is 8. The van der Waals surface area contributed by atoms with E-state index in [0.717, 1.165) is 77.3 Å². The summed E-state index contributed by atoms with van der Waals surface area (Å²) in [6.07, 6.45) is 5.15. The number of ether oxygens (including phenoxy) is 1. The summed E-state index contributed by atoms with van der Waals surface area (Å²) in [6.45, 7) is 3.60. The smallest absolute Gasteiger partial charge is 0.319 e. The van der Waals surface area contributed by atoms with Crippen LogP contribution in [0.25, 0.3) is 32.8 Å². The number of aromatic nitrogens is 2. The van der Waals surface area contributed by atoms with Gasteiger partial charge in [0.2, 0.25) is 11.8 Å². The second kappa shape index (κ2) is 11.7. The molecule has 8 rings (SSSR count). The fraction of sp³-hybridized carbons (Fsp3) is 0.444. The van der Waals surface area contributed by atoms with Crippen LogP contribution in [0.3, 0.4) is 0 Å². The molecule has 0 spiro atoms. The van der Waals surface area contributed by atoms with Crippen molar-refractivity contribution in [3.8, 4) is 22.9 Å². The number of benzene rings is 3. The van der Waals surface area contributed by atoms with Crippen molar-refractivity contribution in [3.63, 3.8) is 0 Å². The number of piperazine rings is 1. The fourth-order valence-electron chi connectivity index (χ4n) is 8.10. The molecule has 4 saturated heterocycles. The number of amides is 2. The van der Waals surface area contributed by atoms with Crippen molar-refractivity contribution in [1.29, 1.82) is 0 Å². The first-order valence-electron chi connectivity index (χ1n) is 16.6. The molecule has 5 heterocycles. The van der Waals surface area contributed by atoms with Gasteiger partial charge in [-0.05, 0) is 91.9 Å². The standard InChI is InChI=1S/C36H40N6O4/c1-40-14-4-6-27(40)21-46-36-38-32-16-23(31-18-28(43)15-22-5-2-3-7-29(22)31)8-11-30(32)34(39-36)41-19-25-9-10-26(20-41)42(25)33(44)17-24-12-13-37-35(24)45/h2-3,5,7-8,11,15-16,18,24-27,43H,4,6,9-10,12-14,17,19-21H2,1H3,(H,37,45)/t24?,25-,26+,27-/m0/s1. The Bertz CT molecular complexity index is 1820. The molecule has 2 amide bonds. The van der Waals surface area contributed by atoms with Crippen LogP contribution in [0.5, 0.6) is 11.8 Å². The Morgan fingerprint density at radius 3 is 2.59 bits per heavy atom. The van der Waals surface area contributed by atoms with Gasteiger partial charge in [-0.1, -0.05) is 30.3 Å². The molecule has 4 fully saturated rings. The summed E-state index contributed by atoms with van der Waals surface area (Å²) in [7, 11) is 2.13. The summed E-state index contributed by atoms with van der Waals surface area (Å²) in [5.74, 6) is 0.924. The number of fused-ring (bicyclic) bond motifs is 4. The molecule has 2 N–H and O–H groups in total. The van der Waals surface area contributed by atoms with Gasteiger partial charge in [-0.2, -0.15) is 9.97 Å². The highest BCUT2D eigenvalue weighted by Crippen LogP contribution is 2.39. The molecular weight excluding hydrogens is 580 g/mol. The highest BCUT2D eigenvalue weighted by molar-refractivity contribution is 6.01. The number of phenolic OH excluding ortho intramolecular Hbond substituents is 1. The molecule has 0 aliphatic carbocycles. The fourth-order valence-corrected chi connectivity index (χ4v) is 8.10. The van der Waals surface area contributed by atoms with Crippen molar-refractivity contribution < 1.29 is 19.4 Å². The normalized spacial score (nSPS) is 24.7. The monoisotopic (exact) mass is 620 g/mol. The number of carbonyl (C=O) groups excluding carboxylic acids is 2. The van der Waals surface area contributed by atoms with E-state index in [1.807, 2.05) is 24.3 Å². The predicted octanol–water partition coefficient (Wildman–Crippen LogP) is 4.33. The van der Waals surface area contributed by atoms with Gasteiger partial charge >= 0.3 is 6.01 Å². The van der Waals surface area contributed by atoms with E-state index < -0.39 is 0 Å². The zero-order chi connectivity index (χ0) is 31.4. The lowest BCUT2D eigenvalue weighted by atomic mass is 9.97. The van der Waals surface area contributed by atoms with Crippen LogP contribution in [0.1, 0.15) is 38.5 Å². The molecule has 1 aromatic heterocycles. The van der Waals surface area contributed by atoms with Crippen molar-refractivity contribution in [2.75, 3.05) is 44.7 Å². The highest BCUT2D eigenvalue weighted by Gasteiger charge is 2.44. The average Bonchev–Trinajstić information content (AvgIpc) is 3.74. The highest BCUT2D eigenvalue weighted by atomic mass is 16.5. The van der Waals surface area contributed by atoms with Gasteiger partial charge in [-0.3, -0.25) is 9.59 Å². The molecule has 0 saturated carbocycles. The Hall–Kier alpha value is -4.44. The first kappa shape index (κ1) is 29.0. The van der Waals surface area contributed by atoms with E-state index in [2.05, 4.69) is 51.3 Å². The number of carbonyl (C=O) groups is 2. The Kier molecular flexibility index (Phi) is 7.39. The largest absolute Gasteiger partial charge is 0.508 e. The molecule has 10 nitrogen and oxygen atoms in total. The van der Waals surface area contributed by atoms with Crippen LogP contribution in [-0.4, -0.2) is 94.6 Å². The van der Waals surface area contributed by atoms with Crippen LogP contribution in [0.4, 0.5) is 5.82 Å². The quantitative estimate of drug-likeness (QED) is 0.314. The SMILES string of the molecule is CN1CCC[C@H]1COc1nc(N2C[C@H]3CC[C@@H](C2)N3C(=O)CC2CCNC2=O)c2ccc(-c3cc(O)cc4ccccc34)cc2n1. The Morgan fingerprint density at radius 1 is 1.00 bits per heavy atom. The lowest BCUT2D eigenvalue weighted by molar-refractivity contribution is -0.138. The predicted molar refractivity (Wildman–Crippen MR) is 177 cm³/mol. The molecule has 4 aliphatic rings. The first-order valence-corrected chi connectivity index (χ1v) is 16.6. The second-order valence-corrected chi connectivity index (χ2v) is 13.4. The summed E-state index contributed by atoms with van der Waals surface area (Å²) in [4.78, 5) is 42.3. The molecule has 10 heteroatoms. The molecule has 0 radical (unpaired) electrons. The van der Waals surface area contributed by atoms with Crippen LogP contribution in [0, 0.1) is 5.92 Å². The Morgan fingerprint density at radius 2 is 1.83 bits per heavy atom. The molecular formula is C36H40N6O4. The zero-order valence-corrected chi connectivity index (χ0v) is 26.2. The van der Waals surface area contributed by atoms with Crippen molar-refractivity contribution in [2.24, 2.45) is 5.92 Å². The molecule has 2 bridgehead atoms. The number of phenols is 1. The van der Waals surface area contributed by atoms with Gasteiger partial charge < -0.3 is 29.9 Å². The number of likely N-dealkylation sites (N-methyl/N-ethyl adjacent to an activating group) is 1. The summed E-state index contributed by atoms with van der Waals surface area (Å²) < 4.78 is 6.32. The van der Waals surface area contributed by atoms with E-state index in [-0.39, 0.29) is 42.0 Å². The minimum absolute atomic E-state index is 0.00111. The van der Waals surface area contributed by atoms with E-state index in [4.69, 9.17) is 14.7 Å². The van der Waals surface area contributed by atoms with Crippen molar-refractivity contribution in [2.45, 2.75) is 56.7 Å². The van der Waals surface area contributed by atoms with Crippen molar-refractivity contribution in [3.05, 3.63) is 54.6 Å². The maximum absolute atomic E-state index is 13.5. The number of aromatic hydroxyl groups is 1. The number of rotatable bonds is 7. The number of nitrogens with zero attached hydrogens (tertiary/aromatic N) is 5. The third-order valence-corrected chi connectivity index (χ3v) is 10.5. The summed E-state index contributed by atoms with van der Waals surface area (Å²) in [5.41, 5.74) is 2.67. The number of likely N-dealkylation sites (tertiary alicyclic amines) is 1.